The highest BCUT2D eigenvalue weighted by atomic mass is 19.2. The lowest BCUT2D eigenvalue weighted by atomic mass is 10.0. The lowest BCUT2D eigenvalue weighted by molar-refractivity contribution is -0.114. The summed E-state index contributed by atoms with van der Waals surface area (Å²) in [7, 11) is 0. The predicted molar refractivity (Wildman–Crippen MR) is 112 cm³/mol. The number of hydrazone groups is 1. The van der Waals surface area contributed by atoms with E-state index >= 15 is 0 Å². The molecule has 4 nitrogen and oxygen atoms in total. The van der Waals surface area contributed by atoms with E-state index < -0.39 is 40.7 Å². The van der Waals surface area contributed by atoms with E-state index in [-0.39, 0.29) is 22.3 Å². The fraction of sp³-hybridized carbons (Fsp3) is 0.217. The molecule has 0 unspecified atom stereocenters. The van der Waals surface area contributed by atoms with E-state index in [9.17, 15) is 26.7 Å². The normalized spacial score (nSPS) is 15.6. The monoisotopic (exact) mass is 447 g/mol. The van der Waals surface area contributed by atoms with E-state index in [4.69, 9.17) is 0 Å². The van der Waals surface area contributed by atoms with Crippen molar-refractivity contribution in [2.75, 3.05) is 5.01 Å². The maximum absolute atomic E-state index is 14.3. The number of hydrogen-bond acceptors (Lipinski definition) is 2. The summed E-state index contributed by atoms with van der Waals surface area (Å²) < 4.78 is 71.3. The van der Waals surface area contributed by atoms with Crippen molar-refractivity contribution in [2.24, 2.45) is 5.10 Å². The van der Waals surface area contributed by atoms with Crippen molar-refractivity contribution in [2.45, 2.75) is 33.7 Å². The lowest BCUT2D eigenvalue weighted by Crippen LogP contribution is -2.25. The van der Waals surface area contributed by atoms with Crippen LogP contribution in [-0.2, 0) is 4.79 Å². The highest BCUT2D eigenvalue weighted by Gasteiger charge is 2.37. The number of halogens is 5. The molecule has 0 saturated heterocycles. The van der Waals surface area contributed by atoms with Crippen molar-refractivity contribution in [1.82, 2.24) is 4.57 Å². The molecule has 0 atom stereocenters. The van der Waals surface area contributed by atoms with Crippen LogP contribution in [0.1, 0.15) is 38.1 Å². The topological polar surface area (TPSA) is 37.6 Å². The number of benzene rings is 2. The summed E-state index contributed by atoms with van der Waals surface area (Å²) in [4.78, 5) is 13.0. The second-order valence-electron chi connectivity index (χ2n) is 7.76. The molecule has 0 aliphatic carbocycles. The molecule has 9 heteroatoms. The largest absolute Gasteiger partial charge is 0.342 e. The van der Waals surface area contributed by atoms with Gasteiger partial charge in [-0.05, 0) is 39.8 Å². The molecule has 0 N–H and O–H groups in total. The number of carbonyl (C=O) groups excluding carboxylic acids is 1. The molecule has 4 rings (SSSR count). The van der Waals surface area contributed by atoms with Crippen LogP contribution in [0.25, 0.3) is 17.0 Å². The minimum Gasteiger partial charge on any atom is -0.342 e. The Morgan fingerprint density at radius 1 is 0.906 bits per heavy atom. The minimum atomic E-state index is -2.30. The van der Waals surface area contributed by atoms with E-state index in [1.807, 2.05) is 45.0 Å². The van der Waals surface area contributed by atoms with E-state index in [1.165, 1.54) is 13.0 Å². The standard InChI is InChI=1S/C23H18F5N3O/c1-10(2)30-12(4)15(13-7-5-6-8-16(13)30)9-14-11(3)29-31(23(14)32)22-20(27)18(25)17(24)19(26)21(22)28/h5-10H,1-4H3/b14-9-. The number of carbonyl (C=O) groups is 1. The van der Waals surface area contributed by atoms with Gasteiger partial charge < -0.3 is 4.57 Å². The predicted octanol–water partition coefficient (Wildman–Crippen LogP) is 6.03. The molecule has 2 heterocycles. The molecule has 1 aliphatic heterocycles. The number of para-hydroxylation sites is 1. The van der Waals surface area contributed by atoms with Crippen LogP contribution in [0.5, 0.6) is 0 Å². The number of anilines is 1. The van der Waals surface area contributed by atoms with Crippen LogP contribution in [0.3, 0.4) is 0 Å². The van der Waals surface area contributed by atoms with Crippen molar-refractivity contribution in [3.05, 3.63) is 70.2 Å². The molecule has 1 aromatic heterocycles. The van der Waals surface area contributed by atoms with Crippen LogP contribution < -0.4 is 5.01 Å². The molecule has 0 fully saturated rings. The Bertz CT molecular complexity index is 1320. The number of nitrogens with zero attached hydrogens (tertiary/aromatic N) is 3. The van der Waals surface area contributed by atoms with Crippen molar-refractivity contribution in [1.29, 1.82) is 0 Å². The molecule has 0 radical (unpaired) electrons. The van der Waals surface area contributed by atoms with Gasteiger partial charge in [-0.15, -0.1) is 0 Å². The zero-order valence-corrected chi connectivity index (χ0v) is 17.6. The van der Waals surface area contributed by atoms with Crippen molar-refractivity contribution < 1.29 is 26.7 Å². The van der Waals surface area contributed by atoms with Crippen LogP contribution >= 0.6 is 0 Å². The Balaban J connectivity index is 1.88. The Labute approximate surface area is 180 Å². The van der Waals surface area contributed by atoms with Crippen LogP contribution in [-0.4, -0.2) is 16.2 Å². The lowest BCUT2D eigenvalue weighted by Gasteiger charge is -2.15. The quantitative estimate of drug-likeness (QED) is 0.209. The molecular weight excluding hydrogens is 429 g/mol. The second-order valence-corrected chi connectivity index (χ2v) is 7.76. The molecule has 0 bridgehead atoms. The molecule has 0 spiro atoms. The van der Waals surface area contributed by atoms with Crippen molar-refractivity contribution in [3.63, 3.8) is 0 Å². The van der Waals surface area contributed by atoms with Crippen molar-refractivity contribution in [3.8, 4) is 0 Å². The Morgan fingerprint density at radius 3 is 2.06 bits per heavy atom. The van der Waals surface area contributed by atoms with Crippen LogP contribution in [0.4, 0.5) is 27.6 Å². The molecule has 0 saturated carbocycles. The van der Waals surface area contributed by atoms with E-state index in [2.05, 4.69) is 9.67 Å². The SMILES string of the molecule is CC1=NN(c2c(F)c(F)c(F)c(F)c2F)C(=O)/C1=C\c1c(C)n(C(C)C)c2ccccc12. The number of fused-ring (bicyclic) bond motifs is 1. The third-order valence-electron chi connectivity index (χ3n) is 5.47. The van der Waals surface area contributed by atoms with Gasteiger partial charge in [0.25, 0.3) is 5.91 Å². The van der Waals surface area contributed by atoms with Gasteiger partial charge in [0.15, 0.2) is 23.3 Å². The highest BCUT2D eigenvalue weighted by molar-refractivity contribution is 6.32. The highest BCUT2D eigenvalue weighted by Crippen LogP contribution is 2.36. The van der Waals surface area contributed by atoms with E-state index in [0.29, 0.717) is 5.56 Å². The van der Waals surface area contributed by atoms with Gasteiger partial charge in [0, 0.05) is 28.2 Å². The van der Waals surface area contributed by atoms with Gasteiger partial charge in [-0.1, -0.05) is 18.2 Å². The van der Waals surface area contributed by atoms with Gasteiger partial charge in [0.05, 0.1) is 11.3 Å². The molecule has 1 aliphatic rings. The third-order valence-corrected chi connectivity index (χ3v) is 5.47. The summed E-state index contributed by atoms with van der Waals surface area (Å²) >= 11 is 0. The summed E-state index contributed by atoms with van der Waals surface area (Å²) in [6, 6.07) is 7.65. The average molecular weight is 447 g/mol. The first kappa shape index (κ1) is 21.7. The number of aromatic nitrogens is 1. The van der Waals surface area contributed by atoms with E-state index in [1.54, 1.807) is 0 Å². The summed E-state index contributed by atoms with van der Waals surface area (Å²) in [5.41, 5.74) is 1.15. The minimum absolute atomic E-state index is 0.0105. The van der Waals surface area contributed by atoms with Gasteiger partial charge in [-0.25, -0.2) is 22.0 Å². The fourth-order valence-electron chi connectivity index (χ4n) is 4.02. The Hall–Kier alpha value is -3.49. The van der Waals surface area contributed by atoms with Crippen LogP contribution in [0.15, 0.2) is 34.9 Å². The van der Waals surface area contributed by atoms with E-state index in [0.717, 1.165) is 16.6 Å². The van der Waals surface area contributed by atoms with Gasteiger partial charge >= 0.3 is 0 Å². The zero-order valence-electron chi connectivity index (χ0n) is 17.6. The van der Waals surface area contributed by atoms with Gasteiger partial charge in [0.1, 0.15) is 5.69 Å². The van der Waals surface area contributed by atoms with Gasteiger partial charge in [0.2, 0.25) is 5.82 Å². The summed E-state index contributed by atoms with van der Waals surface area (Å²) in [6.07, 6.45) is 1.53. The first-order chi connectivity index (χ1) is 15.1. The maximum atomic E-state index is 14.3. The van der Waals surface area contributed by atoms with Gasteiger partial charge in [-0.3, -0.25) is 4.79 Å². The first-order valence-corrected chi connectivity index (χ1v) is 9.78. The Kier molecular flexibility index (Phi) is 5.15. The maximum Gasteiger partial charge on any atom is 0.280 e. The van der Waals surface area contributed by atoms with Gasteiger partial charge in [-0.2, -0.15) is 10.1 Å². The summed E-state index contributed by atoms with van der Waals surface area (Å²) in [5.74, 6) is -11.8. The van der Waals surface area contributed by atoms with Crippen molar-refractivity contribution >= 4 is 34.3 Å². The molecule has 1 amide bonds. The molecular formula is C23H18F5N3O. The molecule has 166 valence electrons. The second kappa shape index (κ2) is 7.58. The third kappa shape index (κ3) is 3.03. The number of amides is 1. The zero-order chi connectivity index (χ0) is 23.5. The molecule has 3 aromatic rings. The van der Waals surface area contributed by atoms with Crippen LogP contribution in [0.2, 0.25) is 0 Å². The molecule has 2 aromatic carbocycles. The fourth-order valence-corrected chi connectivity index (χ4v) is 4.02. The smallest absolute Gasteiger partial charge is 0.280 e. The average Bonchev–Trinajstić information content (AvgIpc) is 3.19. The van der Waals surface area contributed by atoms with Crippen LogP contribution in [0, 0.1) is 36.0 Å². The first-order valence-electron chi connectivity index (χ1n) is 9.78. The summed E-state index contributed by atoms with van der Waals surface area (Å²) in [5, 5.41) is 4.86. The Morgan fingerprint density at radius 2 is 1.47 bits per heavy atom. The summed E-state index contributed by atoms with van der Waals surface area (Å²) in [6.45, 7) is 7.32. The number of rotatable bonds is 3. The number of hydrogen-bond donors (Lipinski definition) is 0. The molecule has 32 heavy (non-hydrogen) atoms.